The van der Waals surface area contributed by atoms with E-state index in [2.05, 4.69) is 0 Å². The fourth-order valence-electron chi connectivity index (χ4n) is 2.48. The zero-order valence-corrected chi connectivity index (χ0v) is 14.3. The van der Waals surface area contributed by atoms with Crippen molar-refractivity contribution >= 4 is 17.4 Å². The summed E-state index contributed by atoms with van der Waals surface area (Å²) >= 11 is 5.74. The minimum absolute atomic E-state index is 0.0887. The Labute approximate surface area is 141 Å². The molecule has 0 N–H and O–H groups in total. The van der Waals surface area contributed by atoms with Crippen LogP contribution in [-0.4, -0.2) is 12.9 Å². The number of carbonyl (C=O) groups excluding carboxylic acids is 1. The molecule has 0 amide bonds. The lowest BCUT2D eigenvalue weighted by Gasteiger charge is -2.12. The van der Waals surface area contributed by atoms with Gasteiger partial charge in [-0.1, -0.05) is 43.6 Å². The van der Waals surface area contributed by atoms with Crippen LogP contribution in [-0.2, 0) is 11.3 Å². The van der Waals surface area contributed by atoms with Gasteiger partial charge in [-0.15, -0.1) is 0 Å². The Hall–Kier alpha value is -1.71. The minimum atomic E-state index is -0.465. The highest BCUT2D eigenvalue weighted by Gasteiger charge is 2.13. The van der Waals surface area contributed by atoms with Gasteiger partial charge < -0.3 is 4.74 Å². The SMILES string of the molecule is COCc1cc(C(=O)CC(C)C)ccc1-c1ccc(Cl)c(F)c1. The molecule has 0 aliphatic rings. The van der Waals surface area contributed by atoms with Crippen LogP contribution in [0.4, 0.5) is 4.39 Å². The Morgan fingerprint density at radius 3 is 2.57 bits per heavy atom. The van der Waals surface area contributed by atoms with Crippen LogP contribution in [0.2, 0.25) is 5.02 Å². The average Bonchev–Trinajstić information content (AvgIpc) is 2.50. The summed E-state index contributed by atoms with van der Waals surface area (Å²) in [6, 6.07) is 10.1. The number of hydrogen-bond donors (Lipinski definition) is 0. The second-order valence-electron chi connectivity index (χ2n) is 5.95. The van der Waals surface area contributed by atoms with Gasteiger partial charge in [0.1, 0.15) is 5.82 Å². The molecule has 0 bridgehead atoms. The molecule has 0 fully saturated rings. The fourth-order valence-corrected chi connectivity index (χ4v) is 2.59. The van der Waals surface area contributed by atoms with Crippen LogP contribution in [0, 0.1) is 11.7 Å². The number of Topliss-reactive ketones (excluding diaryl/α,β-unsaturated/α-hetero) is 1. The van der Waals surface area contributed by atoms with Crippen LogP contribution < -0.4 is 0 Å². The first kappa shape index (κ1) is 17.6. The third kappa shape index (κ3) is 4.40. The van der Waals surface area contributed by atoms with Crippen LogP contribution in [0.25, 0.3) is 11.1 Å². The summed E-state index contributed by atoms with van der Waals surface area (Å²) in [5, 5.41) is 0.0887. The predicted molar refractivity (Wildman–Crippen MR) is 91.3 cm³/mol. The van der Waals surface area contributed by atoms with E-state index >= 15 is 0 Å². The maximum Gasteiger partial charge on any atom is 0.163 e. The van der Waals surface area contributed by atoms with E-state index < -0.39 is 5.82 Å². The first-order valence-electron chi connectivity index (χ1n) is 7.53. The smallest absolute Gasteiger partial charge is 0.163 e. The molecule has 122 valence electrons. The Balaban J connectivity index is 2.43. The number of rotatable bonds is 6. The Morgan fingerprint density at radius 1 is 1.22 bits per heavy atom. The fraction of sp³-hybridized carbons (Fsp3) is 0.316. The van der Waals surface area contributed by atoms with E-state index in [-0.39, 0.29) is 10.8 Å². The predicted octanol–water partition coefficient (Wildman–Crippen LogP) is 5.52. The molecule has 2 nitrogen and oxygen atoms in total. The summed E-state index contributed by atoms with van der Waals surface area (Å²) in [6.45, 7) is 4.38. The van der Waals surface area contributed by atoms with E-state index in [1.54, 1.807) is 19.2 Å². The number of halogens is 2. The van der Waals surface area contributed by atoms with Crippen molar-refractivity contribution in [2.45, 2.75) is 26.9 Å². The van der Waals surface area contributed by atoms with Gasteiger partial charge in [0.15, 0.2) is 5.78 Å². The third-order valence-electron chi connectivity index (χ3n) is 3.55. The molecule has 0 saturated carbocycles. The van der Waals surface area contributed by atoms with E-state index in [1.807, 2.05) is 26.0 Å². The molecule has 0 saturated heterocycles. The molecule has 2 rings (SSSR count). The summed E-state index contributed by atoms with van der Waals surface area (Å²) in [6.07, 6.45) is 0.501. The quantitative estimate of drug-likeness (QED) is 0.650. The van der Waals surface area contributed by atoms with E-state index in [0.717, 1.165) is 11.1 Å². The number of ether oxygens (including phenoxy) is 1. The van der Waals surface area contributed by atoms with Crippen molar-refractivity contribution in [2.24, 2.45) is 5.92 Å². The van der Waals surface area contributed by atoms with Crippen molar-refractivity contribution < 1.29 is 13.9 Å². The molecule has 4 heteroatoms. The molecule has 0 atom stereocenters. The van der Waals surface area contributed by atoms with Gasteiger partial charge in [0.05, 0.1) is 11.6 Å². The van der Waals surface area contributed by atoms with E-state index in [9.17, 15) is 9.18 Å². The van der Waals surface area contributed by atoms with Gasteiger partial charge in [-0.3, -0.25) is 4.79 Å². The highest BCUT2D eigenvalue weighted by Crippen LogP contribution is 2.29. The highest BCUT2D eigenvalue weighted by molar-refractivity contribution is 6.30. The number of methoxy groups -OCH3 is 1. The molecule has 0 radical (unpaired) electrons. The van der Waals surface area contributed by atoms with Crippen LogP contribution in [0.1, 0.15) is 36.2 Å². The molecule has 0 unspecified atom stereocenters. The van der Waals surface area contributed by atoms with Gasteiger partial charge >= 0.3 is 0 Å². The first-order valence-corrected chi connectivity index (χ1v) is 7.90. The number of hydrogen-bond acceptors (Lipinski definition) is 2. The molecular formula is C19H20ClFO2. The number of ketones is 1. The summed E-state index contributed by atoms with van der Waals surface area (Å²) < 4.78 is 18.9. The molecule has 0 aliphatic carbocycles. The standard InChI is InChI=1S/C19H20ClFO2/c1-12(2)8-19(22)14-4-6-16(15(9-14)11-23-3)13-5-7-17(20)18(21)10-13/h4-7,9-10,12H,8,11H2,1-3H3. The van der Waals surface area contributed by atoms with Crippen LogP contribution in [0.5, 0.6) is 0 Å². The lowest BCUT2D eigenvalue weighted by atomic mass is 9.94. The zero-order valence-electron chi connectivity index (χ0n) is 13.5. The van der Waals surface area contributed by atoms with Gasteiger partial charge in [0.2, 0.25) is 0 Å². The normalized spacial score (nSPS) is 11.0. The van der Waals surface area contributed by atoms with Crippen molar-refractivity contribution in [2.75, 3.05) is 7.11 Å². The van der Waals surface area contributed by atoms with Gasteiger partial charge in [-0.05, 0) is 40.8 Å². The molecule has 0 aromatic heterocycles. The van der Waals surface area contributed by atoms with Crippen LogP contribution in [0.3, 0.4) is 0 Å². The van der Waals surface area contributed by atoms with E-state index in [0.29, 0.717) is 30.1 Å². The average molecular weight is 335 g/mol. The van der Waals surface area contributed by atoms with Crippen molar-refractivity contribution in [3.05, 3.63) is 58.4 Å². The summed E-state index contributed by atoms with van der Waals surface area (Å²) in [5.74, 6) is -0.0582. The summed E-state index contributed by atoms with van der Waals surface area (Å²) in [5.41, 5.74) is 3.05. The summed E-state index contributed by atoms with van der Waals surface area (Å²) in [7, 11) is 1.59. The van der Waals surface area contributed by atoms with Crippen molar-refractivity contribution in [3.8, 4) is 11.1 Å². The van der Waals surface area contributed by atoms with Crippen LogP contribution >= 0.6 is 11.6 Å². The van der Waals surface area contributed by atoms with Gasteiger partial charge in [0, 0.05) is 19.1 Å². The lowest BCUT2D eigenvalue weighted by Crippen LogP contribution is -2.05. The van der Waals surface area contributed by atoms with Crippen molar-refractivity contribution in [3.63, 3.8) is 0 Å². The topological polar surface area (TPSA) is 26.3 Å². The summed E-state index contributed by atoms with van der Waals surface area (Å²) in [4.78, 5) is 12.2. The maximum absolute atomic E-state index is 13.7. The molecule has 0 spiro atoms. The van der Waals surface area contributed by atoms with E-state index in [1.165, 1.54) is 12.1 Å². The molecular weight excluding hydrogens is 315 g/mol. The second kappa shape index (κ2) is 7.71. The van der Waals surface area contributed by atoms with Gasteiger partial charge in [-0.25, -0.2) is 4.39 Å². The highest BCUT2D eigenvalue weighted by atomic mass is 35.5. The molecule has 2 aromatic rings. The lowest BCUT2D eigenvalue weighted by molar-refractivity contribution is 0.0967. The van der Waals surface area contributed by atoms with Gasteiger partial charge in [-0.2, -0.15) is 0 Å². The van der Waals surface area contributed by atoms with Crippen molar-refractivity contribution in [1.29, 1.82) is 0 Å². The largest absolute Gasteiger partial charge is 0.380 e. The zero-order chi connectivity index (χ0) is 17.0. The van der Waals surface area contributed by atoms with Crippen molar-refractivity contribution in [1.82, 2.24) is 0 Å². The monoisotopic (exact) mass is 334 g/mol. The van der Waals surface area contributed by atoms with E-state index in [4.69, 9.17) is 16.3 Å². The van der Waals surface area contributed by atoms with Crippen LogP contribution in [0.15, 0.2) is 36.4 Å². The third-order valence-corrected chi connectivity index (χ3v) is 3.86. The molecule has 0 heterocycles. The maximum atomic E-state index is 13.7. The Morgan fingerprint density at radius 2 is 1.96 bits per heavy atom. The first-order chi connectivity index (χ1) is 10.9. The second-order valence-corrected chi connectivity index (χ2v) is 6.36. The van der Waals surface area contributed by atoms with Gasteiger partial charge in [0.25, 0.3) is 0 Å². The molecule has 0 aliphatic heterocycles. The minimum Gasteiger partial charge on any atom is -0.380 e. The molecule has 2 aromatic carbocycles. The number of carbonyl (C=O) groups is 1. The molecule has 23 heavy (non-hydrogen) atoms. The Kier molecular flexibility index (Phi) is 5.91. The Bertz CT molecular complexity index is 711. The number of benzene rings is 2.